The van der Waals surface area contributed by atoms with Crippen LogP contribution >= 0.6 is 11.3 Å². The molecule has 0 saturated carbocycles. The lowest BCUT2D eigenvalue weighted by Crippen LogP contribution is -2.26. The molecule has 1 atom stereocenters. The summed E-state index contributed by atoms with van der Waals surface area (Å²) in [6, 6.07) is 3.26. The van der Waals surface area contributed by atoms with E-state index in [4.69, 9.17) is 5.11 Å². The zero-order chi connectivity index (χ0) is 12.8. The van der Waals surface area contributed by atoms with Crippen LogP contribution in [0.25, 0.3) is 0 Å². The second kappa shape index (κ2) is 6.30. The molecule has 1 N–H and O–H groups in total. The second-order valence-corrected chi connectivity index (χ2v) is 4.67. The molecule has 0 saturated heterocycles. The Morgan fingerprint density at radius 3 is 2.59 bits per heavy atom. The van der Waals surface area contributed by atoms with E-state index in [0.29, 0.717) is 17.7 Å². The number of aliphatic carboxylic acids is 1. The monoisotopic (exact) mass is 254 g/mol. The van der Waals surface area contributed by atoms with E-state index >= 15 is 0 Å². The van der Waals surface area contributed by atoms with E-state index in [1.807, 2.05) is 6.92 Å². The number of carboxylic acid groups (broad SMARTS) is 1. The van der Waals surface area contributed by atoms with Crippen molar-refractivity contribution in [3.63, 3.8) is 0 Å². The number of Topliss-reactive ketones (excluding diaryl/α,β-unsaturated/α-hetero) is 2. The summed E-state index contributed by atoms with van der Waals surface area (Å²) in [5.74, 6) is -3.12. The van der Waals surface area contributed by atoms with Crippen LogP contribution in [0.15, 0.2) is 17.5 Å². The van der Waals surface area contributed by atoms with Gasteiger partial charge in [-0.25, -0.2) is 0 Å². The smallest absolute Gasteiger partial charge is 0.314 e. The van der Waals surface area contributed by atoms with Gasteiger partial charge >= 0.3 is 5.97 Å². The maximum Gasteiger partial charge on any atom is 0.314 e. The third-order valence-electron chi connectivity index (χ3n) is 2.34. The molecule has 92 valence electrons. The van der Waals surface area contributed by atoms with Crippen LogP contribution in [0.5, 0.6) is 0 Å². The molecule has 5 heteroatoms. The van der Waals surface area contributed by atoms with Crippen LogP contribution in [-0.2, 0) is 9.59 Å². The van der Waals surface area contributed by atoms with Gasteiger partial charge in [-0.15, -0.1) is 11.3 Å². The quantitative estimate of drug-likeness (QED) is 0.599. The van der Waals surface area contributed by atoms with Crippen LogP contribution in [0, 0.1) is 5.92 Å². The molecule has 0 fully saturated rings. The summed E-state index contributed by atoms with van der Waals surface area (Å²) in [5.41, 5.74) is 0. The van der Waals surface area contributed by atoms with Crippen LogP contribution < -0.4 is 0 Å². The minimum atomic E-state index is -1.24. The fourth-order valence-electron chi connectivity index (χ4n) is 1.49. The molecule has 17 heavy (non-hydrogen) atoms. The number of hydrogen-bond donors (Lipinski definition) is 1. The Balaban J connectivity index is 2.76. The lowest BCUT2D eigenvalue weighted by atomic mass is 9.95. The number of carbonyl (C=O) groups is 3. The predicted octanol–water partition coefficient (Wildman–Crippen LogP) is 2.39. The number of ketones is 2. The second-order valence-electron chi connectivity index (χ2n) is 3.73. The first-order chi connectivity index (χ1) is 8.06. The van der Waals surface area contributed by atoms with Crippen molar-refractivity contribution >= 4 is 28.9 Å². The number of carbonyl (C=O) groups excluding carboxylic acids is 2. The van der Waals surface area contributed by atoms with Gasteiger partial charge in [0.05, 0.1) is 4.88 Å². The molecule has 1 aromatic rings. The van der Waals surface area contributed by atoms with Crippen LogP contribution in [-0.4, -0.2) is 22.6 Å². The molecule has 1 unspecified atom stereocenters. The van der Waals surface area contributed by atoms with Gasteiger partial charge < -0.3 is 5.11 Å². The number of rotatable bonds is 7. The highest BCUT2D eigenvalue weighted by Crippen LogP contribution is 2.18. The molecule has 0 bridgehead atoms. The molecule has 1 rings (SSSR count). The molecule has 0 aliphatic rings. The standard InChI is InChI=1S/C12H14O4S/c1-2-4-8(13)7-9(12(15)16)11(14)10-5-3-6-17-10/h3,5-6,9H,2,4,7H2,1H3,(H,15,16). The van der Waals surface area contributed by atoms with Gasteiger partial charge in [0.25, 0.3) is 0 Å². The molecule has 4 nitrogen and oxygen atoms in total. The summed E-state index contributed by atoms with van der Waals surface area (Å²) in [4.78, 5) is 34.7. The van der Waals surface area contributed by atoms with Gasteiger partial charge in [-0.05, 0) is 17.9 Å². The first kappa shape index (κ1) is 13.6. The van der Waals surface area contributed by atoms with Gasteiger partial charge in [0.2, 0.25) is 0 Å². The van der Waals surface area contributed by atoms with Gasteiger partial charge in [0.15, 0.2) is 5.78 Å². The first-order valence-electron chi connectivity index (χ1n) is 5.38. The lowest BCUT2D eigenvalue weighted by Gasteiger charge is -2.08. The van der Waals surface area contributed by atoms with E-state index < -0.39 is 17.7 Å². The maximum absolute atomic E-state index is 11.9. The van der Waals surface area contributed by atoms with Crippen molar-refractivity contribution in [2.75, 3.05) is 0 Å². The molecule has 0 amide bonds. The summed E-state index contributed by atoms with van der Waals surface area (Å²) in [7, 11) is 0. The molecule has 1 heterocycles. The van der Waals surface area contributed by atoms with Crippen molar-refractivity contribution in [2.45, 2.75) is 26.2 Å². The fraction of sp³-hybridized carbons (Fsp3) is 0.417. The minimum absolute atomic E-state index is 0.176. The van der Waals surface area contributed by atoms with Crippen molar-refractivity contribution < 1.29 is 19.5 Å². The van der Waals surface area contributed by atoms with Crippen LogP contribution in [0.2, 0.25) is 0 Å². The van der Waals surface area contributed by atoms with Crippen LogP contribution in [0.4, 0.5) is 0 Å². The van der Waals surface area contributed by atoms with Gasteiger partial charge in [-0.2, -0.15) is 0 Å². The molecule has 0 aliphatic heterocycles. The van der Waals surface area contributed by atoms with Crippen molar-refractivity contribution in [1.82, 2.24) is 0 Å². The Labute approximate surface area is 103 Å². The van der Waals surface area contributed by atoms with Crippen molar-refractivity contribution in [3.05, 3.63) is 22.4 Å². The zero-order valence-corrected chi connectivity index (χ0v) is 10.3. The zero-order valence-electron chi connectivity index (χ0n) is 9.51. The average molecular weight is 254 g/mol. The highest BCUT2D eigenvalue weighted by atomic mass is 32.1. The van der Waals surface area contributed by atoms with E-state index in [2.05, 4.69) is 0 Å². The summed E-state index contributed by atoms with van der Waals surface area (Å²) >= 11 is 1.19. The van der Waals surface area contributed by atoms with Gasteiger partial charge in [-0.1, -0.05) is 13.0 Å². The van der Waals surface area contributed by atoms with Gasteiger partial charge in [0, 0.05) is 12.8 Å². The Bertz CT molecular complexity index is 408. The Morgan fingerprint density at radius 1 is 1.41 bits per heavy atom. The summed E-state index contributed by atoms with van der Waals surface area (Å²) in [6.45, 7) is 1.84. The van der Waals surface area contributed by atoms with E-state index in [1.165, 1.54) is 11.3 Å². The van der Waals surface area contributed by atoms with E-state index in [0.717, 1.165) is 0 Å². The van der Waals surface area contributed by atoms with Gasteiger partial charge in [-0.3, -0.25) is 14.4 Å². The SMILES string of the molecule is CCCC(=O)CC(C(=O)O)C(=O)c1cccs1. The molecule has 0 aromatic carbocycles. The van der Waals surface area contributed by atoms with Crippen LogP contribution in [0.3, 0.4) is 0 Å². The molecule has 1 aromatic heterocycles. The topological polar surface area (TPSA) is 71.4 Å². The third kappa shape index (κ3) is 3.78. The Kier molecular flexibility index (Phi) is 5.03. The van der Waals surface area contributed by atoms with Crippen molar-refractivity contribution in [3.8, 4) is 0 Å². The average Bonchev–Trinajstić information content (AvgIpc) is 2.78. The Hall–Kier alpha value is -1.49. The molecule has 0 spiro atoms. The summed E-state index contributed by atoms with van der Waals surface area (Å²) < 4.78 is 0. The summed E-state index contributed by atoms with van der Waals surface area (Å²) in [6.07, 6.45) is 0.778. The number of hydrogen-bond acceptors (Lipinski definition) is 4. The van der Waals surface area contributed by atoms with Crippen LogP contribution in [0.1, 0.15) is 35.9 Å². The fourth-order valence-corrected chi connectivity index (χ4v) is 2.21. The van der Waals surface area contributed by atoms with E-state index in [-0.39, 0.29) is 12.2 Å². The van der Waals surface area contributed by atoms with Gasteiger partial charge in [0.1, 0.15) is 11.7 Å². The lowest BCUT2D eigenvalue weighted by molar-refractivity contribution is -0.141. The normalized spacial score (nSPS) is 12.1. The molecular weight excluding hydrogens is 240 g/mol. The van der Waals surface area contributed by atoms with E-state index in [1.54, 1.807) is 17.5 Å². The number of thiophene rings is 1. The highest BCUT2D eigenvalue weighted by molar-refractivity contribution is 7.12. The maximum atomic E-state index is 11.9. The van der Waals surface area contributed by atoms with Crippen molar-refractivity contribution in [1.29, 1.82) is 0 Å². The van der Waals surface area contributed by atoms with Crippen molar-refractivity contribution in [2.24, 2.45) is 5.92 Å². The summed E-state index contributed by atoms with van der Waals surface area (Å²) in [5, 5.41) is 10.7. The number of carboxylic acids is 1. The highest BCUT2D eigenvalue weighted by Gasteiger charge is 2.29. The first-order valence-corrected chi connectivity index (χ1v) is 6.26. The Morgan fingerprint density at radius 2 is 2.12 bits per heavy atom. The largest absolute Gasteiger partial charge is 0.481 e. The third-order valence-corrected chi connectivity index (χ3v) is 3.22. The molecular formula is C12H14O4S. The molecule has 0 aliphatic carbocycles. The minimum Gasteiger partial charge on any atom is -0.481 e. The predicted molar refractivity (Wildman–Crippen MR) is 64.3 cm³/mol. The molecule has 0 radical (unpaired) electrons. The van der Waals surface area contributed by atoms with E-state index in [9.17, 15) is 14.4 Å².